The van der Waals surface area contributed by atoms with Gasteiger partial charge in [0.25, 0.3) is 0 Å². The summed E-state index contributed by atoms with van der Waals surface area (Å²) in [6.07, 6.45) is 13.1. The second-order valence-electron chi connectivity index (χ2n) is 9.49. The van der Waals surface area contributed by atoms with Gasteiger partial charge in [0.15, 0.2) is 5.78 Å². The third-order valence-electron chi connectivity index (χ3n) is 8.77. The van der Waals surface area contributed by atoms with E-state index in [9.17, 15) is 9.90 Å². The van der Waals surface area contributed by atoms with E-state index in [1.807, 2.05) is 12.2 Å². The van der Waals surface area contributed by atoms with Crippen LogP contribution in [0, 0.1) is 28.6 Å². The summed E-state index contributed by atoms with van der Waals surface area (Å²) in [5.41, 5.74) is 1.16. The fourth-order valence-electron chi connectivity index (χ4n) is 7.24. The van der Waals surface area contributed by atoms with Crippen LogP contribution >= 0.6 is 0 Å². The summed E-state index contributed by atoms with van der Waals surface area (Å²) >= 11 is 0. The maximum Gasteiger partial charge on any atom is 0.155 e. The highest BCUT2D eigenvalue weighted by atomic mass is 16.3. The molecule has 24 heavy (non-hydrogen) atoms. The van der Waals surface area contributed by atoms with E-state index in [1.165, 1.54) is 18.4 Å². The zero-order chi connectivity index (χ0) is 17.2. The smallest absolute Gasteiger partial charge is 0.155 e. The molecule has 2 nitrogen and oxygen atoms in total. The summed E-state index contributed by atoms with van der Waals surface area (Å²) in [5.74, 6) is 2.40. The van der Waals surface area contributed by atoms with E-state index in [-0.39, 0.29) is 10.8 Å². The van der Waals surface area contributed by atoms with Gasteiger partial charge in [-0.25, -0.2) is 0 Å². The Labute approximate surface area is 146 Å². The topological polar surface area (TPSA) is 37.3 Å². The minimum Gasteiger partial charge on any atom is -0.389 e. The Kier molecular flexibility index (Phi) is 3.66. The first-order chi connectivity index (χ1) is 11.3. The summed E-state index contributed by atoms with van der Waals surface area (Å²) in [6, 6.07) is 0. The largest absolute Gasteiger partial charge is 0.389 e. The standard InChI is InChI=1S/C22H32O2/c1-4-10-22(24)13-9-19-17-6-5-15-14-16(23)7-11-20(15,2)18(17)8-12-21(19,22)3/h4,14,17-19,24H,1,5-13H2,2-3H3/t17-,18-,19+,20+,21+,22?/m1/s1. The molecule has 4 rings (SSSR count). The lowest BCUT2D eigenvalue weighted by Gasteiger charge is -2.59. The van der Waals surface area contributed by atoms with Crippen molar-refractivity contribution in [3.63, 3.8) is 0 Å². The average molecular weight is 328 g/mol. The van der Waals surface area contributed by atoms with Gasteiger partial charge in [0.05, 0.1) is 5.60 Å². The number of aliphatic hydroxyl groups is 1. The highest BCUT2D eigenvalue weighted by Gasteiger charge is 2.63. The molecule has 1 N–H and O–H groups in total. The zero-order valence-electron chi connectivity index (χ0n) is 15.3. The Morgan fingerprint density at radius 2 is 1.92 bits per heavy atom. The third-order valence-corrected chi connectivity index (χ3v) is 8.77. The Bertz CT molecular complexity index is 605. The Balaban J connectivity index is 1.67. The highest BCUT2D eigenvalue weighted by Crippen LogP contribution is 2.68. The summed E-state index contributed by atoms with van der Waals surface area (Å²) in [7, 11) is 0. The molecular weight excluding hydrogens is 296 g/mol. The lowest BCUT2D eigenvalue weighted by molar-refractivity contribution is -0.128. The fraction of sp³-hybridized carbons (Fsp3) is 0.773. The van der Waals surface area contributed by atoms with Crippen LogP contribution in [-0.2, 0) is 4.79 Å². The molecule has 0 aromatic carbocycles. The Morgan fingerprint density at radius 1 is 1.17 bits per heavy atom. The predicted octanol–water partition coefficient (Wildman–Crippen LogP) is 4.83. The first-order valence-corrected chi connectivity index (χ1v) is 9.91. The SMILES string of the molecule is C=CCC1(O)CC[C@H]2[C@@H]3CCC4=CC(=O)CC[C@]4(C)[C@@H]3CC[C@@]21C. The van der Waals surface area contributed by atoms with Crippen LogP contribution in [0.3, 0.4) is 0 Å². The van der Waals surface area contributed by atoms with Crippen molar-refractivity contribution in [1.29, 1.82) is 0 Å². The van der Waals surface area contributed by atoms with Crippen molar-refractivity contribution in [2.75, 3.05) is 0 Å². The zero-order valence-corrected chi connectivity index (χ0v) is 15.3. The maximum atomic E-state index is 11.9. The van der Waals surface area contributed by atoms with Gasteiger partial charge in [-0.05, 0) is 86.0 Å². The molecule has 4 aliphatic carbocycles. The molecule has 3 fully saturated rings. The molecule has 132 valence electrons. The quantitative estimate of drug-likeness (QED) is 0.738. The summed E-state index contributed by atoms with van der Waals surface area (Å²) in [4.78, 5) is 11.9. The molecule has 2 heteroatoms. The van der Waals surface area contributed by atoms with Crippen LogP contribution in [-0.4, -0.2) is 16.5 Å². The molecule has 1 unspecified atom stereocenters. The molecule has 0 aromatic rings. The minimum atomic E-state index is -0.552. The van der Waals surface area contributed by atoms with Gasteiger partial charge in [-0.1, -0.05) is 25.5 Å². The number of hydrogen-bond donors (Lipinski definition) is 1. The van der Waals surface area contributed by atoms with Gasteiger partial charge >= 0.3 is 0 Å². The van der Waals surface area contributed by atoms with Crippen LogP contribution in [0.25, 0.3) is 0 Å². The molecule has 3 saturated carbocycles. The van der Waals surface area contributed by atoms with Gasteiger partial charge in [-0.15, -0.1) is 6.58 Å². The monoisotopic (exact) mass is 328 g/mol. The number of carbonyl (C=O) groups excluding carboxylic acids is 1. The summed E-state index contributed by atoms with van der Waals surface area (Å²) in [6.45, 7) is 8.67. The van der Waals surface area contributed by atoms with Crippen LogP contribution in [0.4, 0.5) is 0 Å². The lowest BCUT2D eigenvalue weighted by Crippen LogP contribution is -2.54. The number of rotatable bonds is 2. The predicted molar refractivity (Wildman–Crippen MR) is 96.5 cm³/mol. The average Bonchev–Trinajstić information content (AvgIpc) is 2.80. The van der Waals surface area contributed by atoms with Gasteiger partial charge < -0.3 is 5.11 Å². The second-order valence-corrected chi connectivity index (χ2v) is 9.49. The number of allylic oxidation sites excluding steroid dienone is 1. The minimum absolute atomic E-state index is 0.0461. The van der Waals surface area contributed by atoms with Gasteiger partial charge in [0, 0.05) is 6.42 Å². The molecule has 0 amide bonds. The molecule has 0 spiro atoms. The Hall–Kier alpha value is -0.890. The van der Waals surface area contributed by atoms with Crippen LogP contribution in [0.15, 0.2) is 24.3 Å². The van der Waals surface area contributed by atoms with Crippen molar-refractivity contribution in [2.24, 2.45) is 28.6 Å². The number of ketones is 1. The van der Waals surface area contributed by atoms with E-state index in [0.717, 1.165) is 50.9 Å². The summed E-state index contributed by atoms with van der Waals surface area (Å²) in [5, 5.41) is 11.3. The molecular formula is C22H32O2. The molecule has 0 heterocycles. The molecule has 0 radical (unpaired) electrons. The van der Waals surface area contributed by atoms with Crippen LogP contribution < -0.4 is 0 Å². The van der Waals surface area contributed by atoms with E-state index in [2.05, 4.69) is 20.4 Å². The maximum absolute atomic E-state index is 11.9. The Morgan fingerprint density at radius 3 is 2.67 bits per heavy atom. The number of fused-ring (bicyclic) bond motifs is 5. The highest BCUT2D eigenvalue weighted by molar-refractivity contribution is 5.91. The van der Waals surface area contributed by atoms with Crippen LogP contribution in [0.1, 0.15) is 71.6 Å². The van der Waals surface area contributed by atoms with Crippen molar-refractivity contribution in [3.8, 4) is 0 Å². The van der Waals surface area contributed by atoms with Gasteiger partial charge in [-0.3, -0.25) is 4.79 Å². The van der Waals surface area contributed by atoms with Crippen molar-refractivity contribution in [1.82, 2.24) is 0 Å². The number of carbonyl (C=O) groups is 1. The van der Waals surface area contributed by atoms with Crippen LogP contribution in [0.2, 0.25) is 0 Å². The van der Waals surface area contributed by atoms with E-state index in [4.69, 9.17) is 0 Å². The third kappa shape index (κ3) is 2.01. The van der Waals surface area contributed by atoms with Gasteiger partial charge in [0.2, 0.25) is 0 Å². The van der Waals surface area contributed by atoms with Crippen molar-refractivity contribution >= 4 is 5.78 Å². The van der Waals surface area contributed by atoms with Crippen molar-refractivity contribution in [2.45, 2.75) is 77.2 Å². The molecule has 4 aliphatic rings. The second kappa shape index (κ2) is 5.30. The lowest BCUT2D eigenvalue weighted by atomic mass is 9.46. The normalized spacial score (nSPS) is 50.5. The van der Waals surface area contributed by atoms with E-state index in [1.54, 1.807) is 0 Å². The van der Waals surface area contributed by atoms with Gasteiger partial charge in [0.1, 0.15) is 0 Å². The number of hydrogen-bond acceptors (Lipinski definition) is 2. The molecule has 0 bridgehead atoms. The van der Waals surface area contributed by atoms with Crippen LogP contribution in [0.5, 0.6) is 0 Å². The fourth-order valence-corrected chi connectivity index (χ4v) is 7.24. The summed E-state index contributed by atoms with van der Waals surface area (Å²) < 4.78 is 0. The first-order valence-electron chi connectivity index (χ1n) is 9.91. The van der Waals surface area contributed by atoms with Gasteiger partial charge in [-0.2, -0.15) is 0 Å². The first kappa shape index (κ1) is 16.6. The molecule has 0 aliphatic heterocycles. The molecule has 6 atom stereocenters. The molecule has 0 saturated heterocycles. The van der Waals surface area contributed by atoms with E-state index in [0.29, 0.717) is 17.6 Å². The van der Waals surface area contributed by atoms with Crippen molar-refractivity contribution in [3.05, 3.63) is 24.3 Å². The van der Waals surface area contributed by atoms with E-state index < -0.39 is 5.60 Å². The van der Waals surface area contributed by atoms with Crippen molar-refractivity contribution < 1.29 is 9.90 Å². The molecule has 0 aromatic heterocycles. The van der Waals surface area contributed by atoms with E-state index >= 15 is 0 Å².